The molecule has 0 aromatic carbocycles. The molecule has 1 aliphatic carbocycles. The fraction of sp³-hybridized carbons (Fsp3) is 0.857. The van der Waals surface area contributed by atoms with Crippen LogP contribution in [0.1, 0.15) is 61.3 Å². The van der Waals surface area contributed by atoms with Crippen LogP contribution in [0.25, 0.3) is 0 Å². The molecule has 0 spiro atoms. The number of fused-ring (bicyclic) bond motifs is 1. The van der Waals surface area contributed by atoms with Crippen LogP contribution in [-0.4, -0.2) is 54.2 Å². The van der Waals surface area contributed by atoms with Gasteiger partial charge in [-0.05, 0) is 37.5 Å². The quantitative estimate of drug-likeness (QED) is 0.669. The molecule has 1 saturated carbocycles. The number of hydrogen-bond donors (Lipinski definition) is 1. The lowest BCUT2D eigenvalue weighted by Gasteiger charge is -2.34. The SMILES string of the molecule is CCCC(C)(C)OC(=O)N[C@H](C(=O)N1C[C@H]2[C@@H]([C@H]1C(=O)OC)C2(C)C)C(C)C. The van der Waals surface area contributed by atoms with Gasteiger partial charge in [-0.1, -0.05) is 41.0 Å². The van der Waals surface area contributed by atoms with Crippen molar-refractivity contribution in [3.63, 3.8) is 0 Å². The number of nitrogens with one attached hydrogen (secondary N) is 1. The first-order chi connectivity index (χ1) is 12.9. The minimum atomic E-state index is -0.752. The first-order valence-electron chi connectivity index (χ1n) is 10.2. The molecule has 0 bridgehead atoms. The van der Waals surface area contributed by atoms with Crippen molar-refractivity contribution in [3.8, 4) is 0 Å². The van der Waals surface area contributed by atoms with E-state index in [1.165, 1.54) is 7.11 Å². The molecule has 0 radical (unpaired) electrons. The number of alkyl carbamates (subject to hydrolysis) is 1. The summed E-state index contributed by atoms with van der Waals surface area (Å²) in [5, 5.41) is 2.73. The number of piperidine rings is 1. The molecular formula is C21H36N2O5. The van der Waals surface area contributed by atoms with Gasteiger partial charge in [-0.25, -0.2) is 9.59 Å². The van der Waals surface area contributed by atoms with Gasteiger partial charge in [0.2, 0.25) is 5.91 Å². The van der Waals surface area contributed by atoms with Crippen LogP contribution in [0.3, 0.4) is 0 Å². The number of nitrogens with zero attached hydrogens (tertiary/aromatic N) is 1. The largest absolute Gasteiger partial charge is 0.467 e. The van der Waals surface area contributed by atoms with E-state index in [1.807, 2.05) is 34.6 Å². The number of amides is 2. The summed E-state index contributed by atoms with van der Waals surface area (Å²) in [6, 6.07) is -1.34. The van der Waals surface area contributed by atoms with Gasteiger partial charge in [0.1, 0.15) is 17.7 Å². The summed E-state index contributed by atoms with van der Waals surface area (Å²) in [6.07, 6.45) is 1.01. The molecule has 28 heavy (non-hydrogen) atoms. The Hall–Kier alpha value is -1.79. The van der Waals surface area contributed by atoms with Crippen molar-refractivity contribution in [2.75, 3.05) is 13.7 Å². The fourth-order valence-corrected chi connectivity index (χ4v) is 4.66. The number of ether oxygens (including phenoxy) is 2. The van der Waals surface area contributed by atoms with E-state index in [2.05, 4.69) is 19.2 Å². The molecule has 0 unspecified atom stereocenters. The third kappa shape index (κ3) is 4.28. The Morgan fingerprint density at radius 2 is 1.86 bits per heavy atom. The van der Waals surface area contributed by atoms with Crippen LogP contribution in [0.15, 0.2) is 0 Å². The first-order valence-corrected chi connectivity index (χ1v) is 10.2. The van der Waals surface area contributed by atoms with E-state index in [-0.39, 0.29) is 35.0 Å². The minimum Gasteiger partial charge on any atom is -0.467 e. The highest BCUT2D eigenvalue weighted by Gasteiger charge is 2.70. The molecule has 1 saturated heterocycles. The third-order valence-electron chi connectivity index (χ3n) is 6.36. The average molecular weight is 397 g/mol. The lowest BCUT2D eigenvalue weighted by atomic mass is 9.98. The Morgan fingerprint density at radius 1 is 1.25 bits per heavy atom. The van der Waals surface area contributed by atoms with Crippen molar-refractivity contribution in [1.82, 2.24) is 10.2 Å². The van der Waals surface area contributed by atoms with E-state index >= 15 is 0 Å². The van der Waals surface area contributed by atoms with Crippen LogP contribution >= 0.6 is 0 Å². The summed E-state index contributed by atoms with van der Waals surface area (Å²) in [7, 11) is 1.35. The van der Waals surface area contributed by atoms with Crippen molar-refractivity contribution in [3.05, 3.63) is 0 Å². The number of carbonyl (C=O) groups excluding carboxylic acids is 3. The van der Waals surface area contributed by atoms with E-state index in [0.717, 1.165) is 12.8 Å². The molecule has 160 valence electrons. The van der Waals surface area contributed by atoms with E-state index < -0.39 is 23.8 Å². The number of carbonyl (C=O) groups is 3. The summed E-state index contributed by atoms with van der Waals surface area (Å²) in [5.74, 6) is -0.396. The Morgan fingerprint density at radius 3 is 2.36 bits per heavy atom. The van der Waals surface area contributed by atoms with Crippen molar-refractivity contribution in [2.45, 2.75) is 79.0 Å². The van der Waals surface area contributed by atoms with Gasteiger partial charge in [0.05, 0.1) is 7.11 Å². The zero-order valence-electron chi connectivity index (χ0n) is 18.5. The predicted octanol–water partition coefficient (Wildman–Crippen LogP) is 2.97. The average Bonchev–Trinajstić information content (AvgIpc) is 2.94. The molecule has 1 N–H and O–H groups in total. The number of methoxy groups -OCH3 is 1. The second-order valence-corrected chi connectivity index (χ2v) is 9.68. The number of likely N-dealkylation sites (tertiary alicyclic amines) is 1. The molecule has 0 aromatic heterocycles. The smallest absolute Gasteiger partial charge is 0.408 e. The molecule has 4 atom stereocenters. The van der Waals surface area contributed by atoms with Crippen LogP contribution in [0.4, 0.5) is 4.79 Å². The highest BCUT2D eigenvalue weighted by atomic mass is 16.6. The van der Waals surface area contributed by atoms with Crippen molar-refractivity contribution in [2.24, 2.45) is 23.2 Å². The number of rotatable bonds is 7. The highest BCUT2D eigenvalue weighted by molar-refractivity contribution is 5.91. The lowest BCUT2D eigenvalue weighted by molar-refractivity contribution is -0.154. The molecule has 2 fully saturated rings. The second kappa shape index (κ2) is 7.91. The normalized spacial score (nSPS) is 26.5. The topological polar surface area (TPSA) is 84.9 Å². The fourth-order valence-electron chi connectivity index (χ4n) is 4.66. The van der Waals surface area contributed by atoms with Gasteiger partial charge in [0, 0.05) is 12.5 Å². The van der Waals surface area contributed by atoms with Gasteiger partial charge >= 0.3 is 12.1 Å². The molecule has 7 heteroatoms. The van der Waals surface area contributed by atoms with Gasteiger partial charge in [0.15, 0.2) is 0 Å². The zero-order valence-corrected chi connectivity index (χ0v) is 18.5. The van der Waals surface area contributed by atoms with Crippen LogP contribution < -0.4 is 5.32 Å². The van der Waals surface area contributed by atoms with Crippen molar-refractivity contribution in [1.29, 1.82) is 0 Å². The molecule has 1 aliphatic heterocycles. The van der Waals surface area contributed by atoms with Crippen LogP contribution in [0.2, 0.25) is 0 Å². The molecule has 0 aromatic rings. The summed E-state index contributed by atoms with van der Waals surface area (Å²) in [6.45, 7) is 14.2. The molecule has 2 aliphatic rings. The van der Waals surface area contributed by atoms with Crippen molar-refractivity contribution < 1.29 is 23.9 Å². The monoisotopic (exact) mass is 396 g/mol. The highest BCUT2D eigenvalue weighted by Crippen LogP contribution is 2.65. The summed E-state index contributed by atoms with van der Waals surface area (Å²) < 4.78 is 10.5. The zero-order chi connectivity index (χ0) is 21.4. The maximum Gasteiger partial charge on any atom is 0.408 e. The van der Waals surface area contributed by atoms with E-state index in [0.29, 0.717) is 6.54 Å². The second-order valence-electron chi connectivity index (χ2n) is 9.68. The summed E-state index contributed by atoms with van der Waals surface area (Å²) in [5.41, 5.74) is -0.573. The Labute approximate surface area is 168 Å². The first kappa shape index (κ1) is 22.5. The number of hydrogen-bond acceptors (Lipinski definition) is 5. The van der Waals surface area contributed by atoms with Crippen LogP contribution in [-0.2, 0) is 19.1 Å². The van der Waals surface area contributed by atoms with Crippen LogP contribution in [0, 0.1) is 23.2 Å². The van der Waals surface area contributed by atoms with Gasteiger partial charge in [-0.2, -0.15) is 0 Å². The van der Waals surface area contributed by atoms with Gasteiger partial charge in [0.25, 0.3) is 0 Å². The third-order valence-corrected chi connectivity index (χ3v) is 6.36. The van der Waals surface area contributed by atoms with E-state index in [1.54, 1.807) is 4.90 Å². The molecule has 2 amide bonds. The Balaban J connectivity index is 2.12. The molecular weight excluding hydrogens is 360 g/mol. The summed E-state index contributed by atoms with van der Waals surface area (Å²) in [4.78, 5) is 39.7. The lowest BCUT2D eigenvalue weighted by Crippen LogP contribution is -2.56. The Bertz CT molecular complexity index is 628. The number of esters is 1. The van der Waals surface area contributed by atoms with Gasteiger partial charge in [-0.3, -0.25) is 4.79 Å². The standard InChI is InChI=1S/C21H36N2O5/c1-9-10-20(4,5)28-19(26)22-15(12(2)3)17(24)23-11-13-14(21(13,6)7)16(23)18(25)27-8/h12-16H,9-11H2,1-8H3,(H,22,26)/t13-,14-,15-,16-/m0/s1. The minimum absolute atomic E-state index is 0.0273. The van der Waals surface area contributed by atoms with E-state index in [9.17, 15) is 14.4 Å². The van der Waals surface area contributed by atoms with Crippen LogP contribution in [0.5, 0.6) is 0 Å². The molecule has 2 rings (SSSR count). The predicted molar refractivity (Wildman–Crippen MR) is 106 cm³/mol. The maximum absolute atomic E-state index is 13.3. The van der Waals surface area contributed by atoms with Crippen molar-refractivity contribution >= 4 is 18.0 Å². The molecule has 1 heterocycles. The van der Waals surface area contributed by atoms with E-state index in [4.69, 9.17) is 9.47 Å². The van der Waals surface area contributed by atoms with Gasteiger partial charge in [-0.15, -0.1) is 0 Å². The van der Waals surface area contributed by atoms with Gasteiger partial charge < -0.3 is 19.7 Å². The Kier molecular flexibility index (Phi) is 6.36. The molecule has 7 nitrogen and oxygen atoms in total. The maximum atomic E-state index is 13.3. The summed E-state index contributed by atoms with van der Waals surface area (Å²) >= 11 is 0.